The maximum atomic E-state index is 10.9. The van der Waals surface area contributed by atoms with Crippen molar-refractivity contribution in [3.63, 3.8) is 0 Å². The first-order chi connectivity index (χ1) is 5.99. The quantitative estimate of drug-likeness (QED) is 0.367. The molecule has 0 aromatic rings. The van der Waals surface area contributed by atoms with Gasteiger partial charge in [-0.05, 0) is 0 Å². The fourth-order valence-electron chi connectivity index (χ4n) is 0.573. The highest BCUT2D eigenvalue weighted by atomic mass is 31.1. The van der Waals surface area contributed by atoms with Gasteiger partial charge in [0.2, 0.25) is 5.92 Å². The Morgan fingerprint density at radius 2 is 1.85 bits per heavy atom. The molecule has 0 aliphatic carbocycles. The van der Waals surface area contributed by atoms with Crippen LogP contribution in [0.1, 0.15) is 0 Å². The van der Waals surface area contributed by atoms with E-state index >= 15 is 0 Å². The first kappa shape index (κ1) is 12.0. The fraction of sp³-hybridized carbons (Fsp3) is 0.500. The minimum atomic E-state index is -2.07. The largest absolute Gasteiger partial charge is 0.631 e. The lowest BCUT2D eigenvalue weighted by atomic mass is 10.2. The average molecular weight is 208 g/mol. The highest BCUT2D eigenvalue weighted by Crippen LogP contribution is 2.11. The Balaban J connectivity index is 4.49. The Morgan fingerprint density at radius 1 is 1.38 bits per heavy atom. The Hall–Kier alpha value is -0.970. The molecule has 0 aliphatic heterocycles. The molecule has 0 spiro atoms. The van der Waals surface area contributed by atoms with Crippen LogP contribution in [0.4, 0.5) is 0 Å². The monoisotopic (exact) mass is 208 g/mol. The van der Waals surface area contributed by atoms with Crippen LogP contribution < -0.4 is 4.89 Å². The molecule has 1 unspecified atom stereocenters. The molecule has 0 aromatic carbocycles. The summed E-state index contributed by atoms with van der Waals surface area (Å²) in [7, 11) is -2.07. The van der Waals surface area contributed by atoms with E-state index in [0.29, 0.717) is 0 Å². The van der Waals surface area contributed by atoms with Crippen molar-refractivity contribution in [2.24, 2.45) is 5.92 Å². The molecule has 1 atom stereocenters. The zero-order valence-corrected chi connectivity index (χ0v) is 7.48. The third kappa shape index (κ3) is 4.57. The van der Waals surface area contributed by atoms with Crippen molar-refractivity contribution in [2.75, 3.05) is 12.8 Å². The van der Waals surface area contributed by atoms with Crippen molar-refractivity contribution in [3.05, 3.63) is 0 Å². The maximum Gasteiger partial charge on any atom is 0.325 e. The molecule has 0 aliphatic rings. The van der Waals surface area contributed by atoms with Gasteiger partial charge in [0.1, 0.15) is 12.0 Å². The first-order valence-corrected chi connectivity index (χ1v) is 4.85. The molecule has 3 N–H and O–H groups in total. The number of aliphatic hydroxyl groups is 1. The number of aliphatic hydroxyl groups excluding tert-OH is 1. The Morgan fingerprint density at radius 3 is 2.15 bits per heavy atom. The Kier molecular flexibility index (Phi) is 5.22. The van der Waals surface area contributed by atoms with Crippen LogP contribution in [0, 0.1) is 5.92 Å². The zero-order chi connectivity index (χ0) is 10.4. The summed E-state index contributed by atoms with van der Waals surface area (Å²) in [6, 6.07) is 0. The Labute approximate surface area is 74.9 Å². The molecular weight excluding hydrogens is 199 g/mol. The standard InChI is InChI=1S/C6H9O6P/c7-1-2-13(12)3-4(5(8)9)6(10)11/h3-4,7H,1-2H2,(H,8,9)(H,10,11). The zero-order valence-electron chi connectivity index (χ0n) is 6.58. The van der Waals surface area contributed by atoms with Crippen LogP contribution in [-0.4, -0.2) is 45.8 Å². The normalized spacial score (nSPS) is 11.8. The summed E-state index contributed by atoms with van der Waals surface area (Å²) >= 11 is 0. The van der Waals surface area contributed by atoms with E-state index < -0.39 is 25.6 Å². The number of carbonyl (C=O) groups is 2. The van der Waals surface area contributed by atoms with Gasteiger partial charge in [0.25, 0.3) is 0 Å². The lowest BCUT2D eigenvalue weighted by molar-refractivity contribution is -0.155. The number of carboxylic acids is 2. The van der Waals surface area contributed by atoms with Crippen molar-refractivity contribution < 1.29 is 29.8 Å². The van der Waals surface area contributed by atoms with Gasteiger partial charge in [-0.2, -0.15) is 0 Å². The number of aliphatic carboxylic acids is 2. The predicted octanol–water partition coefficient (Wildman–Crippen LogP) is -1.68. The van der Waals surface area contributed by atoms with Gasteiger partial charge >= 0.3 is 11.9 Å². The summed E-state index contributed by atoms with van der Waals surface area (Å²) in [5.74, 6) is -4.17. The van der Waals surface area contributed by atoms with Crippen molar-refractivity contribution >= 4 is 25.5 Å². The summed E-state index contributed by atoms with van der Waals surface area (Å²) in [6.07, 6.45) is -0.119. The number of rotatable bonds is 5. The van der Waals surface area contributed by atoms with Crippen LogP contribution in [0.15, 0.2) is 0 Å². The minimum absolute atomic E-state index is 0.119. The fourth-order valence-corrected chi connectivity index (χ4v) is 1.51. The maximum absolute atomic E-state index is 10.9. The van der Waals surface area contributed by atoms with E-state index in [1.807, 2.05) is 0 Å². The van der Waals surface area contributed by atoms with Crippen molar-refractivity contribution in [2.45, 2.75) is 0 Å². The number of hydrogen-bond acceptors (Lipinski definition) is 4. The molecule has 0 bridgehead atoms. The summed E-state index contributed by atoms with van der Waals surface area (Å²) in [5.41, 5.74) is 0. The van der Waals surface area contributed by atoms with E-state index in [-0.39, 0.29) is 12.8 Å². The molecule has 0 rings (SSSR count). The molecule has 13 heavy (non-hydrogen) atoms. The Bertz CT molecular complexity index is 221. The van der Waals surface area contributed by atoms with E-state index in [1.165, 1.54) is 0 Å². The predicted molar refractivity (Wildman–Crippen MR) is 43.7 cm³/mol. The van der Waals surface area contributed by atoms with E-state index in [9.17, 15) is 14.5 Å². The van der Waals surface area contributed by atoms with Gasteiger partial charge in [-0.1, -0.05) is 0 Å². The first-order valence-electron chi connectivity index (χ1n) is 3.34. The molecule has 0 aromatic heterocycles. The van der Waals surface area contributed by atoms with Crippen LogP contribution in [0.25, 0.3) is 0 Å². The van der Waals surface area contributed by atoms with Gasteiger partial charge in [-0.3, -0.25) is 9.59 Å². The van der Waals surface area contributed by atoms with Crippen LogP contribution >= 0.6 is 7.77 Å². The smallest absolute Gasteiger partial charge is 0.325 e. The van der Waals surface area contributed by atoms with Gasteiger partial charge in [0.15, 0.2) is 0 Å². The van der Waals surface area contributed by atoms with E-state index in [1.54, 1.807) is 0 Å². The van der Waals surface area contributed by atoms with Gasteiger partial charge in [0, 0.05) is 0 Å². The molecular formula is C6H9O6P. The highest BCUT2D eigenvalue weighted by Gasteiger charge is 2.26. The van der Waals surface area contributed by atoms with Gasteiger partial charge in [-0.15, -0.1) is 0 Å². The van der Waals surface area contributed by atoms with Crippen LogP contribution in [-0.2, 0) is 9.59 Å². The van der Waals surface area contributed by atoms with Gasteiger partial charge in [-0.25, -0.2) is 0 Å². The second-order valence-corrected chi connectivity index (χ2v) is 3.75. The molecule has 0 saturated carbocycles. The van der Waals surface area contributed by atoms with Crippen molar-refractivity contribution in [1.82, 2.24) is 0 Å². The van der Waals surface area contributed by atoms with Crippen molar-refractivity contribution in [1.29, 1.82) is 0 Å². The summed E-state index contributed by atoms with van der Waals surface area (Å²) in [6.45, 7) is -0.363. The van der Waals surface area contributed by atoms with Gasteiger partial charge < -0.3 is 20.2 Å². The highest BCUT2D eigenvalue weighted by molar-refractivity contribution is 7.50. The average Bonchev–Trinajstić information content (AvgIpc) is 1.99. The lowest BCUT2D eigenvalue weighted by Crippen LogP contribution is -2.25. The summed E-state index contributed by atoms with van der Waals surface area (Å²) < 4.78 is 0. The third-order valence-electron chi connectivity index (χ3n) is 1.17. The molecule has 0 saturated heterocycles. The molecule has 6 nitrogen and oxygen atoms in total. The van der Waals surface area contributed by atoms with Gasteiger partial charge in [0.05, 0.1) is 14.4 Å². The van der Waals surface area contributed by atoms with Crippen LogP contribution in [0.5, 0.6) is 0 Å². The van der Waals surface area contributed by atoms with Crippen LogP contribution in [0.3, 0.4) is 0 Å². The molecule has 74 valence electrons. The number of carboxylic acid groups (broad SMARTS) is 2. The second kappa shape index (κ2) is 5.64. The SMILES string of the molecule is O=C(O)C(C=[P+]([O-])CCO)C(=O)O. The summed E-state index contributed by atoms with van der Waals surface area (Å²) in [5, 5.41) is 25.0. The minimum Gasteiger partial charge on any atom is -0.631 e. The lowest BCUT2D eigenvalue weighted by Gasteiger charge is -2.00. The molecule has 0 amide bonds. The number of hydrogen-bond donors (Lipinski definition) is 3. The van der Waals surface area contributed by atoms with E-state index in [4.69, 9.17) is 15.3 Å². The second-order valence-electron chi connectivity index (χ2n) is 2.17. The van der Waals surface area contributed by atoms with E-state index in [2.05, 4.69) is 0 Å². The van der Waals surface area contributed by atoms with Crippen molar-refractivity contribution in [3.8, 4) is 0 Å². The molecule has 7 heteroatoms. The molecule has 0 heterocycles. The van der Waals surface area contributed by atoms with Crippen LogP contribution in [0.2, 0.25) is 0 Å². The third-order valence-corrected chi connectivity index (χ3v) is 2.44. The molecule has 0 radical (unpaired) electrons. The topological polar surface area (TPSA) is 118 Å². The van der Waals surface area contributed by atoms with E-state index in [0.717, 1.165) is 5.80 Å². The molecule has 0 fully saturated rings. The summed E-state index contributed by atoms with van der Waals surface area (Å²) in [4.78, 5) is 31.4.